The van der Waals surface area contributed by atoms with Gasteiger partial charge in [0.2, 0.25) is 0 Å². The van der Waals surface area contributed by atoms with Gasteiger partial charge in [0.05, 0.1) is 8.07 Å². The summed E-state index contributed by atoms with van der Waals surface area (Å²) in [6, 6.07) is 9.93. The SMILES string of the molecule is C/C=C(/C#CC#Cc1ccccc1)[Si](C)(C)C. The molecular weight excluding hydrogens is 220 g/mol. The first-order chi connectivity index (χ1) is 8.04. The summed E-state index contributed by atoms with van der Waals surface area (Å²) in [5.74, 6) is 12.1. The standard InChI is InChI=1S/C16H18Si/c1-5-16(17(2,3)4)14-10-9-13-15-11-7-6-8-12-15/h5-8,11-12H,1-4H3/b16-5-. The highest BCUT2D eigenvalue weighted by atomic mass is 28.3. The fourth-order valence-corrected chi connectivity index (χ4v) is 2.72. The minimum atomic E-state index is -1.30. The van der Waals surface area contributed by atoms with Crippen LogP contribution in [0.15, 0.2) is 41.6 Å². The van der Waals surface area contributed by atoms with Crippen molar-refractivity contribution in [3.05, 3.63) is 47.2 Å². The zero-order chi connectivity index (χ0) is 12.7. The quantitative estimate of drug-likeness (QED) is 0.515. The van der Waals surface area contributed by atoms with Crippen molar-refractivity contribution in [3.63, 3.8) is 0 Å². The van der Waals surface area contributed by atoms with E-state index in [4.69, 9.17) is 0 Å². The molecule has 0 bridgehead atoms. The van der Waals surface area contributed by atoms with E-state index >= 15 is 0 Å². The van der Waals surface area contributed by atoms with Gasteiger partial charge in [-0.3, -0.25) is 0 Å². The molecule has 0 amide bonds. The van der Waals surface area contributed by atoms with Gasteiger partial charge < -0.3 is 0 Å². The van der Waals surface area contributed by atoms with Crippen molar-refractivity contribution < 1.29 is 0 Å². The maximum atomic E-state index is 3.18. The smallest absolute Gasteiger partial charge is 0.0802 e. The van der Waals surface area contributed by atoms with E-state index in [1.165, 1.54) is 5.20 Å². The van der Waals surface area contributed by atoms with E-state index in [1.807, 2.05) is 37.3 Å². The predicted octanol–water partition coefficient (Wildman–Crippen LogP) is 3.87. The van der Waals surface area contributed by atoms with Crippen LogP contribution in [-0.4, -0.2) is 8.07 Å². The molecule has 0 atom stereocenters. The van der Waals surface area contributed by atoms with E-state index in [0.717, 1.165) is 5.56 Å². The summed E-state index contributed by atoms with van der Waals surface area (Å²) in [7, 11) is -1.30. The lowest BCUT2D eigenvalue weighted by Gasteiger charge is -2.14. The second-order valence-corrected chi connectivity index (χ2v) is 9.86. The molecular formula is C16H18Si. The normalized spacial score (nSPS) is 10.9. The zero-order valence-electron chi connectivity index (χ0n) is 11.0. The van der Waals surface area contributed by atoms with Crippen LogP contribution in [0.5, 0.6) is 0 Å². The topological polar surface area (TPSA) is 0 Å². The van der Waals surface area contributed by atoms with Crippen molar-refractivity contribution in [2.24, 2.45) is 0 Å². The Kier molecular flexibility index (Phi) is 4.82. The fraction of sp³-hybridized carbons (Fsp3) is 0.250. The molecule has 0 radical (unpaired) electrons. The molecule has 0 saturated carbocycles. The molecule has 86 valence electrons. The first-order valence-corrected chi connectivity index (χ1v) is 9.28. The van der Waals surface area contributed by atoms with Gasteiger partial charge in [-0.1, -0.05) is 55.8 Å². The number of benzene rings is 1. The molecule has 1 aromatic rings. The van der Waals surface area contributed by atoms with Crippen LogP contribution in [-0.2, 0) is 0 Å². The Morgan fingerprint density at radius 3 is 2.24 bits per heavy atom. The Morgan fingerprint density at radius 2 is 1.71 bits per heavy atom. The minimum absolute atomic E-state index is 1.01. The molecule has 0 heterocycles. The summed E-state index contributed by atoms with van der Waals surface area (Å²) >= 11 is 0. The van der Waals surface area contributed by atoms with Gasteiger partial charge in [0.1, 0.15) is 0 Å². The van der Waals surface area contributed by atoms with Crippen molar-refractivity contribution in [2.75, 3.05) is 0 Å². The molecule has 0 aliphatic heterocycles. The first-order valence-electron chi connectivity index (χ1n) is 5.78. The van der Waals surface area contributed by atoms with E-state index < -0.39 is 8.07 Å². The summed E-state index contributed by atoms with van der Waals surface area (Å²) < 4.78 is 0. The van der Waals surface area contributed by atoms with Crippen LogP contribution in [0.3, 0.4) is 0 Å². The van der Waals surface area contributed by atoms with Crippen LogP contribution in [0.4, 0.5) is 0 Å². The Balaban J connectivity index is 2.80. The number of rotatable bonds is 1. The average molecular weight is 238 g/mol. The maximum Gasteiger partial charge on any atom is 0.0880 e. The van der Waals surface area contributed by atoms with Crippen LogP contribution < -0.4 is 0 Å². The second kappa shape index (κ2) is 6.14. The highest BCUT2D eigenvalue weighted by Gasteiger charge is 2.16. The minimum Gasteiger partial charge on any atom is -0.0802 e. The largest absolute Gasteiger partial charge is 0.0880 e. The third-order valence-electron chi connectivity index (χ3n) is 2.34. The molecule has 1 heteroatoms. The molecule has 1 aromatic carbocycles. The number of allylic oxidation sites excluding steroid dienone is 2. The lowest BCUT2D eigenvalue weighted by atomic mass is 10.2. The Hall–Kier alpha value is -1.70. The van der Waals surface area contributed by atoms with E-state index in [1.54, 1.807) is 0 Å². The number of hydrogen-bond acceptors (Lipinski definition) is 0. The van der Waals surface area contributed by atoms with Crippen molar-refractivity contribution in [1.82, 2.24) is 0 Å². The van der Waals surface area contributed by atoms with Gasteiger partial charge in [0.15, 0.2) is 0 Å². The van der Waals surface area contributed by atoms with Gasteiger partial charge in [-0.25, -0.2) is 0 Å². The van der Waals surface area contributed by atoms with Crippen LogP contribution >= 0.6 is 0 Å². The van der Waals surface area contributed by atoms with Gasteiger partial charge in [0.25, 0.3) is 0 Å². The Labute approximate surface area is 106 Å². The van der Waals surface area contributed by atoms with Crippen molar-refractivity contribution in [2.45, 2.75) is 26.6 Å². The maximum absolute atomic E-state index is 3.18. The number of hydrogen-bond donors (Lipinski definition) is 0. The van der Waals surface area contributed by atoms with Gasteiger partial charge in [-0.2, -0.15) is 0 Å². The lowest BCUT2D eigenvalue weighted by Crippen LogP contribution is -2.22. The molecule has 0 aliphatic rings. The van der Waals surface area contributed by atoms with E-state index in [0.29, 0.717) is 0 Å². The van der Waals surface area contributed by atoms with Gasteiger partial charge in [0, 0.05) is 5.56 Å². The molecule has 0 aromatic heterocycles. The summed E-state index contributed by atoms with van der Waals surface area (Å²) in [6.45, 7) is 8.93. The zero-order valence-corrected chi connectivity index (χ0v) is 12.0. The van der Waals surface area contributed by atoms with E-state index in [9.17, 15) is 0 Å². The van der Waals surface area contributed by atoms with E-state index in [2.05, 4.69) is 49.4 Å². The Bertz CT molecular complexity index is 508. The molecule has 0 nitrogen and oxygen atoms in total. The lowest BCUT2D eigenvalue weighted by molar-refractivity contribution is 1.62. The molecule has 0 fully saturated rings. The summed E-state index contributed by atoms with van der Waals surface area (Å²) in [6.07, 6.45) is 2.11. The molecule has 17 heavy (non-hydrogen) atoms. The molecule has 0 N–H and O–H groups in total. The first kappa shape index (κ1) is 13.4. The summed E-state index contributed by atoms with van der Waals surface area (Å²) in [5.41, 5.74) is 1.01. The van der Waals surface area contributed by atoms with Crippen LogP contribution in [0.25, 0.3) is 0 Å². The van der Waals surface area contributed by atoms with Crippen LogP contribution in [0.2, 0.25) is 19.6 Å². The third kappa shape index (κ3) is 4.77. The van der Waals surface area contributed by atoms with Gasteiger partial charge in [-0.05, 0) is 36.1 Å². The Morgan fingerprint density at radius 1 is 1.06 bits per heavy atom. The summed E-state index contributed by atoms with van der Waals surface area (Å²) in [5, 5.41) is 1.26. The van der Waals surface area contributed by atoms with Crippen molar-refractivity contribution >= 4 is 8.07 Å². The molecule has 0 unspecified atom stereocenters. The van der Waals surface area contributed by atoms with Crippen molar-refractivity contribution in [1.29, 1.82) is 0 Å². The predicted molar refractivity (Wildman–Crippen MR) is 78.2 cm³/mol. The molecule has 0 aliphatic carbocycles. The van der Waals surface area contributed by atoms with Gasteiger partial charge >= 0.3 is 0 Å². The highest BCUT2D eigenvalue weighted by Crippen LogP contribution is 2.12. The second-order valence-electron chi connectivity index (χ2n) is 4.82. The fourth-order valence-electron chi connectivity index (χ4n) is 1.42. The van der Waals surface area contributed by atoms with Gasteiger partial charge in [-0.15, -0.1) is 0 Å². The highest BCUT2D eigenvalue weighted by molar-refractivity contribution is 6.84. The van der Waals surface area contributed by atoms with Crippen LogP contribution in [0, 0.1) is 23.7 Å². The molecule has 0 spiro atoms. The molecule has 1 rings (SSSR count). The average Bonchev–Trinajstić information content (AvgIpc) is 2.28. The third-order valence-corrected chi connectivity index (χ3v) is 4.37. The molecule has 0 saturated heterocycles. The van der Waals surface area contributed by atoms with Crippen LogP contribution in [0.1, 0.15) is 12.5 Å². The monoisotopic (exact) mass is 238 g/mol. The van der Waals surface area contributed by atoms with E-state index in [-0.39, 0.29) is 0 Å². The summed E-state index contributed by atoms with van der Waals surface area (Å²) in [4.78, 5) is 0. The van der Waals surface area contributed by atoms with Crippen molar-refractivity contribution in [3.8, 4) is 23.7 Å².